The number of carbonyl (C=O) groups is 2. The van der Waals surface area contributed by atoms with Crippen LogP contribution in [-0.4, -0.2) is 45.9 Å². The topological polar surface area (TPSA) is 84.3 Å². The van der Waals surface area contributed by atoms with E-state index in [1.54, 1.807) is 6.92 Å². The molecule has 1 aliphatic rings. The minimum absolute atomic E-state index is 0.0226. The zero-order valence-corrected chi connectivity index (χ0v) is 17.8. The highest BCUT2D eigenvalue weighted by Crippen LogP contribution is 2.30. The predicted molar refractivity (Wildman–Crippen MR) is 111 cm³/mol. The van der Waals surface area contributed by atoms with E-state index in [0.29, 0.717) is 39.0 Å². The Morgan fingerprint density at radius 1 is 1.29 bits per heavy atom. The van der Waals surface area contributed by atoms with Gasteiger partial charge in [-0.15, -0.1) is 11.3 Å². The smallest absolute Gasteiger partial charge is 0.264 e. The average molecular weight is 405 g/mol. The summed E-state index contributed by atoms with van der Waals surface area (Å²) < 4.78 is 1.31. The highest BCUT2D eigenvalue weighted by molar-refractivity contribution is 7.20. The van der Waals surface area contributed by atoms with Crippen molar-refractivity contribution in [3.05, 3.63) is 27.1 Å². The number of fused-ring (bicyclic) bond motifs is 1. The number of hydrogen-bond acceptors (Lipinski definition) is 5. The second-order valence-corrected chi connectivity index (χ2v) is 8.92. The molecular weight excluding hydrogens is 376 g/mol. The van der Waals surface area contributed by atoms with Gasteiger partial charge in [0.05, 0.1) is 16.6 Å². The van der Waals surface area contributed by atoms with E-state index in [1.165, 1.54) is 22.2 Å². The van der Waals surface area contributed by atoms with Crippen molar-refractivity contribution in [2.45, 2.75) is 47.1 Å². The second kappa shape index (κ2) is 8.43. The molecule has 3 rings (SSSR count). The lowest BCUT2D eigenvalue weighted by Gasteiger charge is -2.34. The Balaban J connectivity index is 1.91. The summed E-state index contributed by atoms with van der Waals surface area (Å²) in [5.41, 5.74) is 0.390. The third kappa shape index (κ3) is 4.11. The van der Waals surface area contributed by atoms with E-state index < -0.39 is 0 Å². The van der Waals surface area contributed by atoms with Gasteiger partial charge in [-0.1, -0.05) is 20.8 Å². The van der Waals surface area contributed by atoms with Gasteiger partial charge >= 0.3 is 0 Å². The number of amides is 2. The molecule has 0 aromatic carbocycles. The third-order valence-corrected chi connectivity index (χ3v) is 6.34. The molecule has 0 spiro atoms. The standard InChI is InChI=1S/C20H28N4O3S/c1-5-6-21-15(25)10-24-11-22-18-16(19(24)26)14(4)17(28-18)20(27)23-8-12(2)7-13(3)9-23/h11-13H,5-10H2,1-4H3,(H,21,25)/t12-,13-/m0/s1. The minimum Gasteiger partial charge on any atom is -0.355 e. The summed E-state index contributed by atoms with van der Waals surface area (Å²) in [6.45, 7) is 10.1. The van der Waals surface area contributed by atoms with Crippen LogP contribution in [0.2, 0.25) is 0 Å². The van der Waals surface area contributed by atoms with Gasteiger partial charge in [-0.05, 0) is 37.2 Å². The van der Waals surface area contributed by atoms with E-state index in [9.17, 15) is 14.4 Å². The van der Waals surface area contributed by atoms with Crippen LogP contribution in [0.15, 0.2) is 11.1 Å². The second-order valence-electron chi connectivity index (χ2n) is 7.92. The van der Waals surface area contributed by atoms with Crippen LogP contribution in [0.4, 0.5) is 0 Å². The quantitative estimate of drug-likeness (QED) is 0.829. The molecular formula is C20H28N4O3S. The van der Waals surface area contributed by atoms with Crippen molar-refractivity contribution >= 4 is 33.4 Å². The average Bonchev–Trinajstić information content (AvgIpc) is 2.98. The van der Waals surface area contributed by atoms with Gasteiger partial charge in [0, 0.05) is 19.6 Å². The zero-order valence-electron chi connectivity index (χ0n) is 16.9. The first kappa shape index (κ1) is 20.5. The lowest BCUT2D eigenvalue weighted by Crippen LogP contribution is -2.42. The molecule has 8 heteroatoms. The molecule has 28 heavy (non-hydrogen) atoms. The number of thiophene rings is 1. The summed E-state index contributed by atoms with van der Waals surface area (Å²) >= 11 is 1.27. The molecule has 0 bridgehead atoms. The van der Waals surface area contributed by atoms with Crippen LogP contribution >= 0.6 is 11.3 Å². The molecule has 152 valence electrons. The molecule has 2 aromatic heterocycles. The Bertz CT molecular complexity index is 939. The Morgan fingerprint density at radius 3 is 2.61 bits per heavy atom. The molecule has 0 radical (unpaired) electrons. The molecule has 2 amide bonds. The number of nitrogens with zero attached hydrogens (tertiary/aromatic N) is 3. The van der Waals surface area contributed by atoms with E-state index in [1.807, 2.05) is 11.8 Å². The van der Waals surface area contributed by atoms with Crippen LogP contribution < -0.4 is 10.9 Å². The SMILES string of the molecule is CCCNC(=O)Cn1cnc2sc(C(=O)N3C[C@@H](C)C[C@H](C)C3)c(C)c2c1=O. The van der Waals surface area contributed by atoms with Gasteiger partial charge < -0.3 is 10.2 Å². The summed E-state index contributed by atoms with van der Waals surface area (Å²) in [6.07, 6.45) is 3.35. The first-order chi connectivity index (χ1) is 13.3. The molecule has 2 atom stereocenters. The summed E-state index contributed by atoms with van der Waals surface area (Å²) in [7, 11) is 0. The Labute approximate surface area is 168 Å². The van der Waals surface area contributed by atoms with Gasteiger partial charge in [-0.3, -0.25) is 19.0 Å². The monoisotopic (exact) mass is 404 g/mol. The van der Waals surface area contributed by atoms with Crippen LogP contribution in [0.25, 0.3) is 10.2 Å². The molecule has 0 aliphatic carbocycles. The van der Waals surface area contributed by atoms with E-state index in [0.717, 1.165) is 25.9 Å². The minimum atomic E-state index is -0.273. The van der Waals surface area contributed by atoms with E-state index in [2.05, 4.69) is 24.1 Å². The maximum Gasteiger partial charge on any atom is 0.264 e. The molecule has 1 N–H and O–H groups in total. The molecule has 3 heterocycles. The highest BCUT2D eigenvalue weighted by atomic mass is 32.1. The van der Waals surface area contributed by atoms with Crippen LogP contribution in [0.5, 0.6) is 0 Å². The van der Waals surface area contributed by atoms with E-state index in [4.69, 9.17) is 0 Å². The zero-order chi connectivity index (χ0) is 20.4. The lowest BCUT2D eigenvalue weighted by molar-refractivity contribution is -0.121. The van der Waals surface area contributed by atoms with Gasteiger partial charge in [0.25, 0.3) is 11.5 Å². The van der Waals surface area contributed by atoms with E-state index >= 15 is 0 Å². The molecule has 1 fully saturated rings. The fourth-order valence-electron chi connectivity index (χ4n) is 3.92. The maximum absolute atomic E-state index is 13.1. The molecule has 0 unspecified atom stereocenters. The summed E-state index contributed by atoms with van der Waals surface area (Å²) in [6, 6.07) is 0. The van der Waals surface area contributed by atoms with Gasteiger partial charge in [-0.25, -0.2) is 4.98 Å². The first-order valence-electron chi connectivity index (χ1n) is 9.86. The van der Waals surface area contributed by atoms with Crippen molar-refractivity contribution in [2.24, 2.45) is 11.8 Å². The third-order valence-electron chi connectivity index (χ3n) is 5.15. The number of aryl methyl sites for hydroxylation is 1. The van der Waals surface area contributed by atoms with E-state index in [-0.39, 0.29) is 23.9 Å². The molecule has 1 aliphatic heterocycles. The Morgan fingerprint density at radius 2 is 1.96 bits per heavy atom. The Kier molecular flexibility index (Phi) is 6.17. The fraction of sp³-hybridized carbons (Fsp3) is 0.600. The van der Waals surface area contributed by atoms with Gasteiger partial charge in [0.1, 0.15) is 11.4 Å². The predicted octanol–water partition coefficient (Wildman–Crippen LogP) is 2.41. The molecule has 7 nitrogen and oxygen atoms in total. The number of likely N-dealkylation sites (tertiary alicyclic amines) is 1. The number of nitrogens with one attached hydrogen (secondary N) is 1. The Hall–Kier alpha value is -2.22. The van der Waals surface area contributed by atoms with Crippen LogP contribution in [0.3, 0.4) is 0 Å². The van der Waals surface area contributed by atoms with Gasteiger partial charge in [0.15, 0.2) is 0 Å². The number of hydrogen-bond donors (Lipinski definition) is 1. The van der Waals surface area contributed by atoms with Crippen molar-refractivity contribution in [2.75, 3.05) is 19.6 Å². The first-order valence-corrected chi connectivity index (χ1v) is 10.7. The molecule has 2 aromatic rings. The normalized spacial score (nSPS) is 19.8. The number of piperidine rings is 1. The highest BCUT2D eigenvalue weighted by Gasteiger charge is 2.29. The number of rotatable bonds is 5. The van der Waals surface area contributed by atoms with Crippen LogP contribution in [0, 0.1) is 18.8 Å². The lowest BCUT2D eigenvalue weighted by atomic mass is 9.92. The van der Waals surface area contributed by atoms with Crippen molar-refractivity contribution in [3.8, 4) is 0 Å². The van der Waals surface area contributed by atoms with Gasteiger partial charge in [0.2, 0.25) is 5.91 Å². The van der Waals surface area contributed by atoms with Crippen molar-refractivity contribution < 1.29 is 9.59 Å². The maximum atomic E-state index is 13.1. The van der Waals surface area contributed by atoms with Crippen molar-refractivity contribution in [3.63, 3.8) is 0 Å². The fourth-order valence-corrected chi connectivity index (χ4v) is 5.03. The number of aromatic nitrogens is 2. The summed E-state index contributed by atoms with van der Waals surface area (Å²) in [4.78, 5) is 45.3. The molecule has 1 saturated heterocycles. The largest absolute Gasteiger partial charge is 0.355 e. The van der Waals surface area contributed by atoms with Gasteiger partial charge in [-0.2, -0.15) is 0 Å². The summed E-state index contributed by atoms with van der Waals surface area (Å²) in [5, 5.41) is 3.20. The summed E-state index contributed by atoms with van der Waals surface area (Å²) in [5.74, 6) is 0.704. The van der Waals surface area contributed by atoms with Crippen molar-refractivity contribution in [1.82, 2.24) is 19.8 Å². The number of carbonyl (C=O) groups excluding carboxylic acids is 2. The van der Waals surface area contributed by atoms with Crippen LogP contribution in [0.1, 0.15) is 48.8 Å². The van der Waals surface area contributed by atoms with Crippen molar-refractivity contribution in [1.29, 1.82) is 0 Å². The molecule has 0 saturated carbocycles. The van der Waals surface area contributed by atoms with Crippen LogP contribution in [-0.2, 0) is 11.3 Å².